The fourth-order valence-corrected chi connectivity index (χ4v) is 5.29. The lowest BCUT2D eigenvalue weighted by molar-refractivity contribution is -0.384. The van der Waals surface area contributed by atoms with Gasteiger partial charge >= 0.3 is 11.9 Å². The first-order valence-corrected chi connectivity index (χ1v) is 15.6. The SMILES string of the molecule is CCCN1C(C)=C(C(=O)OCC)C(c2cccc([N+](=O)[O-])c2)C(C(=O)ON(C(C)=O)c2ccc(OCC(O)CNC(C)C)cc2)=C1C. The maximum atomic E-state index is 14.2. The molecule has 2 aromatic carbocycles. The highest BCUT2D eigenvalue weighted by molar-refractivity contribution is 6.01. The van der Waals surface area contributed by atoms with Crippen molar-refractivity contribution in [3.8, 4) is 5.75 Å². The molecule has 1 aliphatic rings. The molecule has 0 spiro atoms. The van der Waals surface area contributed by atoms with E-state index in [1.54, 1.807) is 39.0 Å². The second-order valence-electron chi connectivity index (χ2n) is 11.4. The first kappa shape index (κ1) is 36.7. The van der Waals surface area contributed by atoms with Crippen LogP contribution >= 0.6 is 0 Å². The Balaban J connectivity index is 2.02. The van der Waals surface area contributed by atoms with Gasteiger partial charge in [0.2, 0.25) is 0 Å². The van der Waals surface area contributed by atoms with E-state index in [-0.39, 0.29) is 41.8 Å². The van der Waals surface area contributed by atoms with E-state index < -0.39 is 34.8 Å². The average Bonchev–Trinajstić information content (AvgIpc) is 3.03. The van der Waals surface area contributed by atoms with Gasteiger partial charge in [-0.2, -0.15) is 0 Å². The number of amides is 1. The third-order valence-electron chi connectivity index (χ3n) is 7.48. The molecule has 1 amide bonds. The van der Waals surface area contributed by atoms with Gasteiger partial charge in [0, 0.05) is 49.6 Å². The van der Waals surface area contributed by atoms with E-state index in [9.17, 15) is 29.6 Å². The van der Waals surface area contributed by atoms with Gasteiger partial charge in [0.1, 0.15) is 18.5 Å². The minimum Gasteiger partial charge on any atom is -0.491 e. The summed E-state index contributed by atoms with van der Waals surface area (Å²) in [5, 5.41) is 25.8. The molecule has 13 heteroatoms. The number of nitrogens with zero attached hydrogens (tertiary/aromatic N) is 3. The molecule has 254 valence electrons. The highest BCUT2D eigenvalue weighted by Gasteiger charge is 2.42. The molecule has 3 rings (SSSR count). The van der Waals surface area contributed by atoms with Crippen LogP contribution in [0.1, 0.15) is 66.4 Å². The highest BCUT2D eigenvalue weighted by atomic mass is 16.7. The number of anilines is 1. The Hall–Kier alpha value is -4.75. The number of aliphatic hydroxyl groups is 1. The Kier molecular flexibility index (Phi) is 13.0. The summed E-state index contributed by atoms with van der Waals surface area (Å²) in [5.41, 5.74) is 1.50. The summed E-state index contributed by atoms with van der Waals surface area (Å²) in [4.78, 5) is 59.1. The Morgan fingerprint density at radius 2 is 1.68 bits per heavy atom. The number of esters is 1. The zero-order valence-corrected chi connectivity index (χ0v) is 27.9. The predicted octanol–water partition coefficient (Wildman–Crippen LogP) is 4.76. The molecular formula is C34H44N4O9. The van der Waals surface area contributed by atoms with Crippen molar-refractivity contribution < 1.29 is 38.7 Å². The quantitative estimate of drug-likeness (QED) is 0.164. The summed E-state index contributed by atoms with van der Waals surface area (Å²) in [7, 11) is 0. The van der Waals surface area contributed by atoms with Gasteiger partial charge in [0.05, 0.1) is 34.3 Å². The molecule has 0 radical (unpaired) electrons. The number of benzene rings is 2. The molecule has 47 heavy (non-hydrogen) atoms. The van der Waals surface area contributed by atoms with Gasteiger partial charge in [-0.3, -0.25) is 14.9 Å². The molecule has 1 aliphatic heterocycles. The lowest BCUT2D eigenvalue weighted by atomic mass is 9.79. The van der Waals surface area contributed by atoms with Gasteiger partial charge in [-0.25, -0.2) is 9.59 Å². The molecule has 0 saturated carbocycles. The molecule has 13 nitrogen and oxygen atoms in total. The number of rotatable bonds is 14. The molecule has 0 aliphatic carbocycles. The van der Waals surface area contributed by atoms with E-state index in [0.29, 0.717) is 42.2 Å². The third kappa shape index (κ3) is 9.17. The number of hydrogen-bond acceptors (Lipinski definition) is 11. The molecule has 1 heterocycles. The van der Waals surface area contributed by atoms with Gasteiger partial charge in [0.25, 0.3) is 11.6 Å². The third-order valence-corrected chi connectivity index (χ3v) is 7.48. The van der Waals surface area contributed by atoms with Crippen molar-refractivity contribution in [3.05, 3.63) is 86.7 Å². The molecular weight excluding hydrogens is 608 g/mol. The number of hydrogen-bond donors (Lipinski definition) is 2. The summed E-state index contributed by atoms with van der Waals surface area (Å²) < 4.78 is 11.1. The van der Waals surface area contributed by atoms with Crippen LogP contribution in [0.15, 0.2) is 71.1 Å². The predicted molar refractivity (Wildman–Crippen MR) is 175 cm³/mol. The second-order valence-corrected chi connectivity index (χ2v) is 11.4. The van der Waals surface area contributed by atoms with Crippen LogP contribution in [0, 0.1) is 10.1 Å². The second kappa shape index (κ2) is 16.7. The van der Waals surface area contributed by atoms with Crippen LogP contribution in [0.3, 0.4) is 0 Å². The van der Waals surface area contributed by atoms with E-state index in [0.717, 1.165) is 5.06 Å². The van der Waals surface area contributed by atoms with Crippen LogP contribution in [0.5, 0.6) is 5.75 Å². The van der Waals surface area contributed by atoms with Crippen molar-refractivity contribution in [2.24, 2.45) is 0 Å². The number of allylic oxidation sites excluding steroid dienone is 2. The molecule has 0 bridgehead atoms. The van der Waals surface area contributed by atoms with Gasteiger partial charge in [-0.1, -0.05) is 32.9 Å². The maximum absolute atomic E-state index is 14.2. The molecule has 2 atom stereocenters. The van der Waals surface area contributed by atoms with E-state index in [4.69, 9.17) is 14.3 Å². The number of hydroxylamine groups is 1. The summed E-state index contributed by atoms with van der Waals surface area (Å²) in [5.74, 6) is -2.87. The van der Waals surface area contributed by atoms with Crippen molar-refractivity contribution in [2.75, 3.05) is 31.4 Å². The van der Waals surface area contributed by atoms with Crippen LogP contribution in [0.2, 0.25) is 0 Å². The van der Waals surface area contributed by atoms with E-state index in [2.05, 4.69) is 5.32 Å². The molecule has 2 N–H and O–H groups in total. The van der Waals surface area contributed by atoms with Crippen molar-refractivity contribution in [1.29, 1.82) is 0 Å². The Morgan fingerprint density at radius 1 is 1.04 bits per heavy atom. The van der Waals surface area contributed by atoms with Crippen LogP contribution in [0.25, 0.3) is 0 Å². The monoisotopic (exact) mass is 652 g/mol. The molecule has 2 aromatic rings. The van der Waals surface area contributed by atoms with Crippen molar-refractivity contribution in [1.82, 2.24) is 10.2 Å². The van der Waals surface area contributed by atoms with E-state index in [1.807, 2.05) is 25.7 Å². The first-order valence-electron chi connectivity index (χ1n) is 15.6. The Bertz CT molecular complexity index is 1520. The number of aliphatic hydroxyl groups excluding tert-OH is 1. The van der Waals surface area contributed by atoms with Crippen molar-refractivity contribution >= 4 is 29.2 Å². The van der Waals surface area contributed by atoms with E-state index in [1.165, 1.54) is 37.3 Å². The van der Waals surface area contributed by atoms with Gasteiger partial charge < -0.3 is 29.6 Å². The van der Waals surface area contributed by atoms with Gasteiger partial charge in [0.15, 0.2) is 0 Å². The summed E-state index contributed by atoms with van der Waals surface area (Å²) in [6, 6.07) is 12.1. The number of nitrogens with one attached hydrogen (secondary N) is 1. The summed E-state index contributed by atoms with van der Waals surface area (Å²) in [6.07, 6.45) is -0.0596. The summed E-state index contributed by atoms with van der Waals surface area (Å²) in [6.45, 7) is 13.2. The largest absolute Gasteiger partial charge is 0.491 e. The average molecular weight is 653 g/mol. The molecule has 0 saturated heterocycles. The maximum Gasteiger partial charge on any atom is 0.362 e. The standard InChI is InChI=1S/C34H44N4O9/c1-8-17-36-22(5)30(33(41)45-9-2)32(25-11-10-12-27(18-25)38(43)44)31(23(36)6)34(42)47-37(24(7)39)26-13-15-29(16-14-26)46-20-28(40)19-35-21(3)4/h10-16,18,21,28,32,35,40H,8-9,17,19-20H2,1-7H3. The zero-order valence-electron chi connectivity index (χ0n) is 27.9. The first-order chi connectivity index (χ1) is 22.3. The smallest absolute Gasteiger partial charge is 0.362 e. The van der Waals surface area contributed by atoms with E-state index >= 15 is 0 Å². The number of nitro groups is 1. The van der Waals surface area contributed by atoms with Crippen LogP contribution in [-0.4, -0.2) is 71.2 Å². The number of non-ortho nitro benzene ring substituents is 1. The molecule has 0 fully saturated rings. The molecule has 0 aromatic heterocycles. The van der Waals surface area contributed by atoms with Gasteiger partial charge in [-0.15, -0.1) is 5.06 Å². The lowest BCUT2D eigenvalue weighted by Gasteiger charge is -2.38. The van der Waals surface area contributed by atoms with Crippen molar-refractivity contribution in [3.63, 3.8) is 0 Å². The minimum absolute atomic E-state index is 0.0304. The zero-order chi connectivity index (χ0) is 34.8. The Labute approximate surface area is 274 Å². The van der Waals surface area contributed by atoms with Crippen LogP contribution in [-0.2, 0) is 24.0 Å². The molecule has 2 unspecified atom stereocenters. The fourth-order valence-electron chi connectivity index (χ4n) is 5.29. The van der Waals surface area contributed by atoms with Gasteiger partial charge in [-0.05, 0) is 57.0 Å². The van der Waals surface area contributed by atoms with Crippen LogP contribution < -0.4 is 15.1 Å². The minimum atomic E-state index is -1.09. The normalized spacial score (nSPS) is 15.4. The number of nitro benzene ring substituents is 1. The topological polar surface area (TPSA) is 161 Å². The number of carbonyl (C=O) groups excluding carboxylic acids is 3. The number of carbonyl (C=O) groups is 3. The lowest BCUT2D eigenvalue weighted by Crippen LogP contribution is -2.38. The van der Waals surface area contributed by atoms with Crippen molar-refractivity contribution in [2.45, 2.75) is 73.0 Å². The van der Waals surface area contributed by atoms with Crippen LogP contribution in [0.4, 0.5) is 11.4 Å². The summed E-state index contributed by atoms with van der Waals surface area (Å²) >= 11 is 0. The fraction of sp³-hybridized carbons (Fsp3) is 0.441. The Morgan fingerprint density at radius 3 is 2.23 bits per heavy atom. The number of ether oxygens (including phenoxy) is 2. The highest BCUT2D eigenvalue weighted by Crippen LogP contribution is 2.44.